The maximum atomic E-state index is 12.9. The van der Waals surface area contributed by atoms with Crippen LogP contribution in [0.3, 0.4) is 0 Å². The summed E-state index contributed by atoms with van der Waals surface area (Å²) in [5.74, 6) is 0.0246. The number of hydrogen-bond donors (Lipinski definition) is 1. The van der Waals surface area contributed by atoms with E-state index in [0.29, 0.717) is 9.79 Å². The van der Waals surface area contributed by atoms with Gasteiger partial charge in [-0.2, -0.15) is 0 Å². The zero-order chi connectivity index (χ0) is 17.9. The number of aliphatic carboxylic acids is 1. The molecule has 132 valence electrons. The van der Waals surface area contributed by atoms with Crippen molar-refractivity contribution in [2.75, 3.05) is 5.75 Å². The number of rotatable bonds is 8. The van der Waals surface area contributed by atoms with Crippen molar-refractivity contribution in [2.24, 2.45) is 5.41 Å². The molecule has 1 aliphatic carbocycles. The van der Waals surface area contributed by atoms with E-state index in [1.807, 2.05) is 12.1 Å². The molecule has 7 heteroatoms. The Kier molecular flexibility index (Phi) is 5.58. The van der Waals surface area contributed by atoms with Gasteiger partial charge in [-0.15, -0.1) is 0 Å². The Bertz CT molecular complexity index is 862. The molecule has 0 aromatic heterocycles. The normalized spacial score (nSPS) is 15.7. The van der Waals surface area contributed by atoms with Crippen molar-refractivity contribution in [1.82, 2.24) is 0 Å². The first-order chi connectivity index (χ1) is 11.9. The molecule has 2 aromatic carbocycles. The molecule has 0 bridgehead atoms. The summed E-state index contributed by atoms with van der Waals surface area (Å²) in [4.78, 5) is 11.6. The summed E-state index contributed by atoms with van der Waals surface area (Å²) in [5, 5.41) is 9.00. The van der Waals surface area contributed by atoms with E-state index in [-0.39, 0.29) is 25.7 Å². The molecular weight excluding hydrogens is 423 g/mol. The molecule has 25 heavy (non-hydrogen) atoms. The average molecular weight is 441 g/mol. The Hall–Kier alpha value is -1.27. The zero-order valence-corrected chi connectivity index (χ0v) is 16.8. The van der Waals surface area contributed by atoms with Gasteiger partial charge in [-0.25, -0.2) is 0 Å². The van der Waals surface area contributed by atoms with Crippen molar-refractivity contribution in [2.45, 2.75) is 29.1 Å². The maximum absolute atomic E-state index is 12.9. The van der Waals surface area contributed by atoms with E-state index >= 15 is 0 Å². The number of benzene rings is 2. The van der Waals surface area contributed by atoms with E-state index in [4.69, 9.17) is 5.11 Å². The standard InChI is InChI=1S/C18H18O4S2Se/c19-17(20)12-18(10-11-18)13-23-25-16-9-5-4-8-15(16)24(21,22)14-6-2-1-3-7-14/h1-9H,10-13H2,(H,19,20). The predicted octanol–water partition coefficient (Wildman–Crippen LogP) is 2.75. The molecule has 0 heterocycles. The first kappa shape index (κ1) is 18.5. The summed E-state index contributed by atoms with van der Waals surface area (Å²) in [7, 11) is -1.85. The van der Waals surface area contributed by atoms with Crippen LogP contribution in [0.25, 0.3) is 0 Å². The van der Waals surface area contributed by atoms with E-state index in [1.54, 1.807) is 52.6 Å². The quantitative estimate of drug-likeness (QED) is 0.638. The minimum atomic E-state index is -3.53. The SMILES string of the molecule is O=C(O)CC1(CS[Se]c2ccccc2S(=O)(=O)c2ccccc2)CC1. The van der Waals surface area contributed by atoms with Crippen LogP contribution in [0.4, 0.5) is 0 Å². The number of hydrogen-bond acceptors (Lipinski definition) is 4. The molecule has 2 aromatic rings. The van der Waals surface area contributed by atoms with Gasteiger partial charge in [-0.1, -0.05) is 0 Å². The third-order valence-electron chi connectivity index (χ3n) is 4.19. The second kappa shape index (κ2) is 7.54. The fourth-order valence-corrected chi connectivity index (χ4v) is 10.0. The van der Waals surface area contributed by atoms with Gasteiger partial charge < -0.3 is 0 Å². The van der Waals surface area contributed by atoms with Gasteiger partial charge in [-0.05, 0) is 0 Å². The summed E-state index contributed by atoms with van der Waals surface area (Å²) in [5.41, 5.74) is -0.0779. The van der Waals surface area contributed by atoms with Crippen molar-refractivity contribution in [3.8, 4) is 0 Å². The Labute approximate surface area is 157 Å². The number of carboxylic acids is 1. The zero-order valence-electron chi connectivity index (χ0n) is 13.4. The van der Waals surface area contributed by atoms with Crippen LogP contribution in [0, 0.1) is 5.41 Å². The second-order valence-electron chi connectivity index (χ2n) is 6.18. The average Bonchev–Trinajstić information content (AvgIpc) is 3.34. The van der Waals surface area contributed by atoms with E-state index < -0.39 is 15.8 Å². The van der Waals surface area contributed by atoms with Crippen LogP contribution in [-0.2, 0) is 14.6 Å². The molecule has 1 fully saturated rings. The Morgan fingerprint density at radius 2 is 1.72 bits per heavy atom. The number of carbonyl (C=O) groups is 1. The van der Waals surface area contributed by atoms with E-state index in [9.17, 15) is 13.2 Å². The van der Waals surface area contributed by atoms with Gasteiger partial charge in [-0.3, -0.25) is 0 Å². The van der Waals surface area contributed by atoms with Crippen molar-refractivity contribution >= 4 is 44.3 Å². The molecule has 1 saturated carbocycles. The molecular formula is C18H18O4S2Se. The van der Waals surface area contributed by atoms with E-state index in [0.717, 1.165) is 23.1 Å². The Morgan fingerprint density at radius 3 is 2.36 bits per heavy atom. The Balaban J connectivity index is 1.75. The summed E-state index contributed by atoms with van der Waals surface area (Å²) in [6, 6.07) is 15.6. The molecule has 0 saturated heterocycles. The summed E-state index contributed by atoms with van der Waals surface area (Å²) < 4.78 is 26.6. The second-order valence-corrected chi connectivity index (χ2v) is 12.2. The van der Waals surface area contributed by atoms with Gasteiger partial charge in [0.25, 0.3) is 0 Å². The molecule has 0 radical (unpaired) electrons. The third kappa shape index (κ3) is 4.47. The van der Waals surface area contributed by atoms with Crippen LogP contribution >= 0.6 is 10.2 Å². The van der Waals surface area contributed by atoms with E-state index in [1.165, 1.54) is 0 Å². The third-order valence-corrected chi connectivity index (χ3v) is 10.7. The van der Waals surface area contributed by atoms with Crippen LogP contribution < -0.4 is 4.46 Å². The first-order valence-corrected chi connectivity index (χ1v) is 13.2. The van der Waals surface area contributed by atoms with Crippen molar-refractivity contribution in [3.05, 3.63) is 54.6 Å². The van der Waals surface area contributed by atoms with Crippen molar-refractivity contribution < 1.29 is 18.3 Å². The fourth-order valence-electron chi connectivity index (χ4n) is 2.56. The molecule has 0 atom stereocenters. The first-order valence-electron chi connectivity index (χ1n) is 7.83. The van der Waals surface area contributed by atoms with Crippen LogP contribution in [0.15, 0.2) is 64.4 Å². The van der Waals surface area contributed by atoms with Crippen LogP contribution in [0.5, 0.6) is 0 Å². The Morgan fingerprint density at radius 1 is 1.08 bits per heavy atom. The van der Waals surface area contributed by atoms with Crippen LogP contribution in [0.1, 0.15) is 19.3 Å². The topological polar surface area (TPSA) is 71.4 Å². The molecule has 0 aliphatic heterocycles. The fraction of sp³-hybridized carbons (Fsp3) is 0.278. The van der Waals surface area contributed by atoms with Gasteiger partial charge in [0.05, 0.1) is 0 Å². The molecule has 0 unspecified atom stereocenters. The van der Waals surface area contributed by atoms with Crippen molar-refractivity contribution in [3.63, 3.8) is 0 Å². The van der Waals surface area contributed by atoms with Gasteiger partial charge >= 0.3 is 157 Å². The number of sulfone groups is 1. The van der Waals surface area contributed by atoms with Gasteiger partial charge in [0.15, 0.2) is 0 Å². The molecule has 4 nitrogen and oxygen atoms in total. The van der Waals surface area contributed by atoms with Gasteiger partial charge in [0.2, 0.25) is 0 Å². The van der Waals surface area contributed by atoms with Crippen molar-refractivity contribution in [1.29, 1.82) is 0 Å². The summed E-state index contributed by atoms with van der Waals surface area (Å²) >= 11 is -0.0768. The van der Waals surface area contributed by atoms with Crippen LogP contribution in [0.2, 0.25) is 0 Å². The molecule has 1 N–H and O–H groups in total. The molecule has 1 aliphatic rings. The summed E-state index contributed by atoms with van der Waals surface area (Å²) in [6.45, 7) is 0. The van der Waals surface area contributed by atoms with Gasteiger partial charge in [0, 0.05) is 0 Å². The van der Waals surface area contributed by atoms with Crippen LogP contribution in [-0.4, -0.2) is 39.1 Å². The summed E-state index contributed by atoms with van der Waals surface area (Å²) in [6.07, 6.45) is 2.11. The number of carboxylic acid groups (broad SMARTS) is 1. The minimum absolute atomic E-state index is 0.0768. The predicted molar refractivity (Wildman–Crippen MR) is 100 cm³/mol. The van der Waals surface area contributed by atoms with E-state index in [2.05, 4.69) is 0 Å². The molecule has 0 amide bonds. The monoisotopic (exact) mass is 442 g/mol. The molecule has 0 spiro atoms. The van der Waals surface area contributed by atoms with Gasteiger partial charge in [0.1, 0.15) is 0 Å². The molecule has 3 rings (SSSR count).